The van der Waals surface area contributed by atoms with E-state index >= 15 is 0 Å². The number of rotatable bonds is 7. The molecule has 0 saturated heterocycles. The summed E-state index contributed by atoms with van der Waals surface area (Å²) in [6.07, 6.45) is -4.52. The Morgan fingerprint density at radius 1 is 0.935 bits per heavy atom. The van der Waals surface area contributed by atoms with Gasteiger partial charge in [0.1, 0.15) is 12.4 Å². The zero-order valence-corrected chi connectivity index (χ0v) is 16.8. The van der Waals surface area contributed by atoms with Gasteiger partial charge in [-0.15, -0.1) is 0 Å². The highest BCUT2D eigenvalue weighted by atomic mass is 19.4. The van der Waals surface area contributed by atoms with E-state index in [9.17, 15) is 23.1 Å². The first-order valence-electron chi connectivity index (χ1n) is 9.67. The number of aliphatic hydroxyl groups excluding tert-OH is 1. The quantitative estimate of drug-likeness (QED) is 0.497. The highest BCUT2D eigenvalue weighted by Gasteiger charge is 2.31. The maximum atomic E-state index is 13.3. The van der Waals surface area contributed by atoms with Crippen molar-refractivity contribution < 1.29 is 32.5 Å². The number of hydrogen-bond donors (Lipinski definition) is 1. The first-order chi connectivity index (χ1) is 14.8. The minimum atomic E-state index is -4.52. The highest BCUT2D eigenvalue weighted by Crippen LogP contribution is 2.42. The number of ether oxygens (including phenoxy) is 2. The van der Waals surface area contributed by atoms with Crippen LogP contribution in [0.4, 0.5) is 13.2 Å². The van der Waals surface area contributed by atoms with E-state index in [-0.39, 0.29) is 36.7 Å². The second-order valence-corrected chi connectivity index (χ2v) is 6.64. The fraction of sp³-hybridized carbons (Fsp3) is 0.208. The number of hydrogen-bond acceptors (Lipinski definition) is 4. The molecule has 0 aliphatic heterocycles. The number of aliphatic hydroxyl groups is 1. The largest absolute Gasteiger partial charge is 0.490 e. The van der Waals surface area contributed by atoms with Crippen molar-refractivity contribution in [3.8, 4) is 28.0 Å². The summed E-state index contributed by atoms with van der Waals surface area (Å²) in [6, 6.07) is 16.8. The smallest absolute Gasteiger partial charge is 0.416 e. The van der Waals surface area contributed by atoms with Gasteiger partial charge in [0.15, 0.2) is 0 Å². The minimum absolute atomic E-state index is 0.0649. The Morgan fingerprint density at radius 3 is 2.19 bits per heavy atom. The minimum Gasteiger partial charge on any atom is -0.490 e. The molecule has 7 heteroatoms. The lowest BCUT2D eigenvalue weighted by Crippen LogP contribution is -2.09. The van der Waals surface area contributed by atoms with E-state index in [0.717, 1.165) is 12.1 Å². The van der Waals surface area contributed by atoms with Gasteiger partial charge in [0.05, 0.1) is 24.3 Å². The number of alkyl halides is 3. The van der Waals surface area contributed by atoms with Gasteiger partial charge in [-0.1, -0.05) is 42.5 Å². The molecule has 0 atom stereocenters. The summed E-state index contributed by atoms with van der Waals surface area (Å²) in [4.78, 5) is 12.5. The van der Waals surface area contributed by atoms with Crippen LogP contribution in [-0.2, 0) is 10.9 Å². The molecular formula is C24H21F3O4. The third-order valence-corrected chi connectivity index (χ3v) is 4.52. The van der Waals surface area contributed by atoms with Crippen molar-refractivity contribution in [2.24, 2.45) is 0 Å². The summed E-state index contributed by atoms with van der Waals surface area (Å²) in [5.41, 5.74) is 1.10. The first kappa shape index (κ1) is 22.4. The molecule has 31 heavy (non-hydrogen) atoms. The summed E-state index contributed by atoms with van der Waals surface area (Å²) in [5, 5.41) is 9.27. The lowest BCUT2D eigenvalue weighted by atomic mass is 9.93. The molecule has 0 spiro atoms. The number of benzene rings is 3. The van der Waals surface area contributed by atoms with E-state index in [1.165, 1.54) is 18.2 Å². The van der Waals surface area contributed by atoms with Gasteiger partial charge in [0, 0.05) is 11.1 Å². The van der Waals surface area contributed by atoms with Crippen LogP contribution >= 0.6 is 0 Å². The summed E-state index contributed by atoms with van der Waals surface area (Å²) >= 11 is 0. The molecule has 0 aliphatic rings. The highest BCUT2D eigenvalue weighted by molar-refractivity contribution is 5.96. The Morgan fingerprint density at radius 2 is 1.58 bits per heavy atom. The van der Waals surface area contributed by atoms with Crippen molar-refractivity contribution in [3.63, 3.8) is 0 Å². The van der Waals surface area contributed by atoms with Crippen LogP contribution in [0.25, 0.3) is 22.3 Å². The van der Waals surface area contributed by atoms with Gasteiger partial charge in [-0.2, -0.15) is 13.2 Å². The van der Waals surface area contributed by atoms with Crippen LogP contribution in [0, 0.1) is 0 Å². The Bertz CT molecular complexity index is 1050. The maximum absolute atomic E-state index is 13.3. The van der Waals surface area contributed by atoms with Crippen molar-refractivity contribution in [3.05, 3.63) is 77.9 Å². The Labute approximate surface area is 177 Å². The molecule has 0 amide bonds. The lowest BCUT2D eigenvalue weighted by Gasteiger charge is -2.19. The van der Waals surface area contributed by atoms with Crippen LogP contribution in [0.15, 0.2) is 66.7 Å². The zero-order chi connectivity index (χ0) is 22.4. The van der Waals surface area contributed by atoms with Crippen molar-refractivity contribution in [2.45, 2.75) is 13.1 Å². The predicted octanol–water partition coefficient (Wildman–Crippen LogP) is 5.59. The topological polar surface area (TPSA) is 55.8 Å². The molecule has 0 unspecified atom stereocenters. The Balaban J connectivity index is 2.29. The second kappa shape index (κ2) is 9.66. The van der Waals surface area contributed by atoms with Crippen molar-refractivity contribution in [1.29, 1.82) is 0 Å². The summed E-state index contributed by atoms with van der Waals surface area (Å²) in [7, 11) is 0. The SMILES string of the molecule is CCOC(=O)c1cc(-c2ccccc2)c(OCCO)c(-c2cccc(C(F)(F)F)c2)c1. The van der Waals surface area contributed by atoms with E-state index in [4.69, 9.17) is 9.47 Å². The van der Waals surface area contributed by atoms with E-state index in [1.807, 2.05) is 6.07 Å². The molecule has 0 aliphatic carbocycles. The monoisotopic (exact) mass is 430 g/mol. The van der Waals surface area contributed by atoms with E-state index in [1.54, 1.807) is 37.3 Å². The summed E-state index contributed by atoms with van der Waals surface area (Å²) < 4.78 is 50.8. The average Bonchev–Trinajstić information content (AvgIpc) is 2.77. The Hall–Kier alpha value is -3.32. The molecule has 0 bridgehead atoms. The fourth-order valence-corrected chi connectivity index (χ4v) is 3.17. The second-order valence-electron chi connectivity index (χ2n) is 6.64. The number of halogens is 3. The molecule has 162 valence electrons. The molecule has 3 rings (SSSR count). The third kappa shape index (κ3) is 5.24. The van der Waals surface area contributed by atoms with Crippen molar-refractivity contribution in [2.75, 3.05) is 19.8 Å². The Kier molecular flexibility index (Phi) is 6.97. The first-order valence-corrected chi connectivity index (χ1v) is 9.67. The van der Waals surface area contributed by atoms with Gasteiger partial charge in [-0.3, -0.25) is 0 Å². The number of carbonyl (C=O) groups excluding carboxylic acids is 1. The molecule has 0 saturated carbocycles. The molecule has 0 aromatic heterocycles. The van der Waals surface area contributed by atoms with Crippen LogP contribution in [0.2, 0.25) is 0 Å². The van der Waals surface area contributed by atoms with E-state index in [2.05, 4.69) is 0 Å². The molecular weight excluding hydrogens is 409 g/mol. The van der Waals surface area contributed by atoms with Gasteiger partial charge in [-0.25, -0.2) is 4.79 Å². The van der Waals surface area contributed by atoms with E-state index in [0.29, 0.717) is 16.7 Å². The van der Waals surface area contributed by atoms with Gasteiger partial charge >= 0.3 is 12.1 Å². The maximum Gasteiger partial charge on any atom is 0.416 e. The van der Waals surface area contributed by atoms with Crippen LogP contribution in [0.1, 0.15) is 22.8 Å². The number of carbonyl (C=O) groups is 1. The van der Waals surface area contributed by atoms with Gasteiger partial charge in [0.2, 0.25) is 0 Å². The van der Waals surface area contributed by atoms with Gasteiger partial charge < -0.3 is 14.6 Å². The zero-order valence-electron chi connectivity index (χ0n) is 16.8. The van der Waals surface area contributed by atoms with E-state index < -0.39 is 17.7 Å². The van der Waals surface area contributed by atoms with Crippen molar-refractivity contribution in [1.82, 2.24) is 0 Å². The summed E-state index contributed by atoms with van der Waals surface area (Å²) in [5.74, 6) is -0.325. The van der Waals surface area contributed by atoms with Crippen LogP contribution in [0.3, 0.4) is 0 Å². The molecule has 0 heterocycles. The number of esters is 1. The molecule has 0 radical (unpaired) electrons. The standard InChI is InChI=1S/C24H21F3O4/c1-2-30-23(29)18-14-20(16-7-4-3-5-8-16)22(31-12-11-28)21(15-18)17-9-6-10-19(13-17)24(25,26)27/h3-10,13-15,28H,2,11-12H2,1H3. The lowest BCUT2D eigenvalue weighted by molar-refractivity contribution is -0.137. The van der Waals surface area contributed by atoms with Crippen LogP contribution in [0.5, 0.6) is 5.75 Å². The fourth-order valence-electron chi connectivity index (χ4n) is 3.17. The van der Waals surface area contributed by atoms with Crippen molar-refractivity contribution >= 4 is 5.97 Å². The van der Waals surface area contributed by atoms with Crippen LogP contribution in [-0.4, -0.2) is 30.9 Å². The molecule has 3 aromatic carbocycles. The summed E-state index contributed by atoms with van der Waals surface area (Å²) in [6.45, 7) is 1.48. The molecule has 0 fully saturated rings. The van der Waals surface area contributed by atoms with Gasteiger partial charge in [-0.05, 0) is 42.3 Å². The predicted molar refractivity (Wildman–Crippen MR) is 111 cm³/mol. The molecule has 4 nitrogen and oxygen atoms in total. The average molecular weight is 430 g/mol. The molecule has 1 N–H and O–H groups in total. The molecule has 3 aromatic rings. The third-order valence-electron chi connectivity index (χ3n) is 4.52. The van der Waals surface area contributed by atoms with Crippen LogP contribution < -0.4 is 4.74 Å². The van der Waals surface area contributed by atoms with Gasteiger partial charge in [0.25, 0.3) is 0 Å². The normalized spacial score (nSPS) is 11.3.